The monoisotopic (exact) mass is 309 g/mol. The zero-order chi connectivity index (χ0) is 14.8. The molecule has 110 valence electrons. The van der Waals surface area contributed by atoms with E-state index in [-0.39, 0.29) is 17.3 Å². The number of carboxylic acid groups (broad SMARTS) is 1. The molecular weight excluding hydrogens is 298 g/mol. The summed E-state index contributed by atoms with van der Waals surface area (Å²) in [6.07, 6.45) is 2.38. The first-order chi connectivity index (χ1) is 10.1. The van der Waals surface area contributed by atoms with Crippen LogP contribution in [0, 0.1) is 5.92 Å². The van der Waals surface area contributed by atoms with Crippen LogP contribution in [0.1, 0.15) is 23.3 Å². The Kier molecular flexibility index (Phi) is 3.66. The molecule has 0 unspecified atom stereocenters. The van der Waals surface area contributed by atoms with E-state index in [0.29, 0.717) is 23.3 Å². The number of rotatable bonds is 6. The molecule has 1 aromatic carbocycles. The number of hydrogen-bond acceptors (Lipinski definition) is 5. The second kappa shape index (κ2) is 5.61. The Balaban J connectivity index is 1.78. The quantitative estimate of drug-likeness (QED) is 0.851. The number of hydrogen-bond donors (Lipinski definition) is 2. The number of ether oxygens (including phenoxy) is 2. The molecule has 1 aromatic heterocycles. The first-order valence-electron chi connectivity index (χ1n) is 6.38. The van der Waals surface area contributed by atoms with E-state index in [0.717, 1.165) is 0 Å². The Morgan fingerprint density at radius 3 is 3.00 bits per heavy atom. The smallest absolute Gasteiger partial charge is 0.359 e. The molecule has 3 rings (SSSR count). The van der Waals surface area contributed by atoms with E-state index in [2.05, 4.69) is 15.4 Å². The van der Waals surface area contributed by atoms with Crippen molar-refractivity contribution in [2.75, 3.05) is 6.61 Å². The van der Waals surface area contributed by atoms with E-state index in [1.165, 1.54) is 12.8 Å². The summed E-state index contributed by atoms with van der Waals surface area (Å²) in [7, 11) is 0. The van der Waals surface area contributed by atoms with Gasteiger partial charge in [0.15, 0.2) is 5.75 Å². The molecular formula is C13H12ClN3O4. The lowest BCUT2D eigenvalue weighted by Gasteiger charge is -2.09. The number of nitrogens with one attached hydrogen (secondary N) is 1. The molecule has 0 aliphatic heterocycles. The lowest BCUT2D eigenvalue weighted by Crippen LogP contribution is -2.01. The van der Waals surface area contributed by atoms with Crippen LogP contribution in [-0.4, -0.2) is 33.1 Å². The Hall–Kier alpha value is -2.28. The lowest BCUT2D eigenvalue weighted by molar-refractivity contribution is 0.0687. The second-order valence-electron chi connectivity index (χ2n) is 4.75. The zero-order valence-corrected chi connectivity index (χ0v) is 11.6. The summed E-state index contributed by atoms with van der Waals surface area (Å²) < 4.78 is 11.0. The standard InChI is InChI=1S/C13H12ClN3O4/c14-9-4-3-8(20-6-7-1-2-7)5-10(9)21-12-11(13(18)19)15-17-16-12/h3-5,7H,1-2,6H2,(H,18,19)(H,15,16,17). The van der Waals surface area contributed by atoms with Gasteiger partial charge in [0.25, 0.3) is 5.88 Å². The Morgan fingerprint density at radius 1 is 1.48 bits per heavy atom. The minimum atomic E-state index is -1.22. The van der Waals surface area contributed by atoms with Gasteiger partial charge in [-0.25, -0.2) is 9.89 Å². The van der Waals surface area contributed by atoms with Gasteiger partial charge < -0.3 is 14.6 Å². The maximum Gasteiger partial charge on any atom is 0.359 e. The highest BCUT2D eigenvalue weighted by atomic mass is 35.5. The minimum Gasteiger partial charge on any atom is -0.493 e. The van der Waals surface area contributed by atoms with E-state index in [4.69, 9.17) is 26.2 Å². The third-order valence-electron chi connectivity index (χ3n) is 3.02. The fourth-order valence-corrected chi connectivity index (χ4v) is 1.84. The zero-order valence-electron chi connectivity index (χ0n) is 10.9. The van der Waals surface area contributed by atoms with Crippen molar-refractivity contribution in [1.29, 1.82) is 0 Å². The van der Waals surface area contributed by atoms with Crippen LogP contribution >= 0.6 is 11.6 Å². The van der Waals surface area contributed by atoms with Gasteiger partial charge in [0, 0.05) is 6.07 Å². The van der Waals surface area contributed by atoms with Crippen LogP contribution in [-0.2, 0) is 0 Å². The van der Waals surface area contributed by atoms with Gasteiger partial charge in [-0.15, -0.1) is 0 Å². The van der Waals surface area contributed by atoms with Crippen LogP contribution in [0.2, 0.25) is 5.02 Å². The number of H-pyrrole nitrogens is 1. The molecule has 8 heteroatoms. The average Bonchev–Trinajstić information content (AvgIpc) is 3.17. The van der Waals surface area contributed by atoms with Gasteiger partial charge in [-0.2, -0.15) is 0 Å². The molecule has 1 aliphatic rings. The van der Waals surface area contributed by atoms with Crippen LogP contribution in [0.3, 0.4) is 0 Å². The van der Waals surface area contributed by atoms with E-state index in [1.54, 1.807) is 18.2 Å². The van der Waals surface area contributed by atoms with Crippen LogP contribution < -0.4 is 9.47 Å². The second-order valence-corrected chi connectivity index (χ2v) is 5.15. The van der Waals surface area contributed by atoms with Crippen LogP contribution in [0.4, 0.5) is 0 Å². The van der Waals surface area contributed by atoms with Crippen molar-refractivity contribution in [3.8, 4) is 17.4 Å². The molecule has 1 fully saturated rings. The number of benzene rings is 1. The summed E-state index contributed by atoms with van der Waals surface area (Å²) >= 11 is 6.03. The molecule has 21 heavy (non-hydrogen) atoms. The summed E-state index contributed by atoms with van der Waals surface area (Å²) in [5.74, 6) is 0.137. The van der Waals surface area contributed by atoms with E-state index < -0.39 is 5.97 Å². The van der Waals surface area contributed by atoms with Crippen LogP contribution in [0.25, 0.3) is 0 Å². The maximum atomic E-state index is 11.0. The fourth-order valence-electron chi connectivity index (χ4n) is 1.68. The highest BCUT2D eigenvalue weighted by molar-refractivity contribution is 6.32. The molecule has 2 aromatic rings. The molecule has 1 saturated carbocycles. The molecule has 0 spiro atoms. The van der Waals surface area contributed by atoms with Gasteiger partial charge in [0.1, 0.15) is 5.75 Å². The predicted octanol–water partition coefficient (Wildman–Crippen LogP) is 2.74. The number of aromatic carboxylic acids is 1. The van der Waals surface area contributed by atoms with Crippen molar-refractivity contribution in [2.24, 2.45) is 5.92 Å². The molecule has 0 atom stereocenters. The Bertz CT molecular complexity index is 669. The highest BCUT2D eigenvalue weighted by Gasteiger charge is 2.22. The molecule has 2 N–H and O–H groups in total. The third-order valence-corrected chi connectivity index (χ3v) is 3.33. The van der Waals surface area contributed by atoms with Crippen LogP contribution in [0.15, 0.2) is 18.2 Å². The normalized spacial score (nSPS) is 14.0. The van der Waals surface area contributed by atoms with Gasteiger partial charge in [-0.05, 0) is 30.9 Å². The van der Waals surface area contributed by atoms with Crippen molar-refractivity contribution in [2.45, 2.75) is 12.8 Å². The largest absolute Gasteiger partial charge is 0.493 e. The molecule has 1 heterocycles. The van der Waals surface area contributed by atoms with E-state index in [1.807, 2.05) is 0 Å². The van der Waals surface area contributed by atoms with Gasteiger partial charge in [0.05, 0.1) is 11.6 Å². The van der Waals surface area contributed by atoms with Gasteiger partial charge in [-0.1, -0.05) is 21.9 Å². The summed E-state index contributed by atoms with van der Waals surface area (Å²) in [5.41, 5.74) is -0.240. The van der Waals surface area contributed by atoms with Crippen molar-refractivity contribution in [1.82, 2.24) is 15.4 Å². The van der Waals surface area contributed by atoms with Crippen molar-refractivity contribution < 1.29 is 19.4 Å². The number of aromatic nitrogens is 3. The van der Waals surface area contributed by atoms with Crippen molar-refractivity contribution >= 4 is 17.6 Å². The number of nitrogens with zero attached hydrogens (tertiary/aromatic N) is 2. The molecule has 0 bridgehead atoms. The Morgan fingerprint density at radius 2 is 2.29 bits per heavy atom. The number of aromatic amines is 1. The third kappa shape index (κ3) is 3.25. The highest BCUT2D eigenvalue weighted by Crippen LogP contribution is 2.34. The predicted molar refractivity (Wildman–Crippen MR) is 73.1 cm³/mol. The van der Waals surface area contributed by atoms with E-state index >= 15 is 0 Å². The molecule has 0 saturated heterocycles. The molecule has 0 radical (unpaired) electrons. The lowest BCUT2D eigenvalue weighted by atomic mass is 10.3. The van der Waals surface area contributed by atoms with Crippen molar-refractivity contribution in [3.05, 3.63) is 28.9 Å². The Labute approximate surface area is 124 Å². The SMILES string of the molecule is O=C(O)c1[nH]nnc1Oc1cc(OCC2CC2)ccc1Cl. The van der Waals surface area contributed by atoms with E-state index in [9.17, 15) is 4.79 Å². The van der Waals surface area contributed by atoms with Gasteiger partial charge >= 0.3 is 5.97 Å². The minimum absolute atomic E-state index is 0.149. The summed E-state index contributed by atoms with van der Waals surface area (Å²) in [5, 5.41) is 18.5. The molecule has 0 amide bonds. The van der Waals surface area contributed by atoms with Crippen molar-refractivity contribution in [3.63, 3.8) is 0 Å². The average molecular weight is 310 g/mol. The summed E-state index contributed by atoms with van der Waals surface area (Å²) in [6.45, 7) is 0.658. The van der Waals surface area contributed by atoms with Gasteiger partial charge in [-0.3, -0.25) is 0 Å². The maximum absolute atomic E-state index is 11.0. The first-order valence-corrected chi connectivity index (χ1v) is 6.76. The number of carboxylic acids is 1. The number of carbonyl (C=O) groups is 1. The van der Waals surface area contributed by atoms with Gasteiger partial charge in [0.2, 0.25) is 5.69 Å². The first kappa shape index (κ1) is 13.7. The molecule has 7 nitrogen and oxygen atoms in total. The summed E-state index contributed by atoms with van der Waals surface area (Å²) in [6, 6.07) is 4.96. The number of halogens is 1. The van der Waals surface area contributed by atoms with Crippen LogP contribution in [0.5, 0.6) is 17.4 Å². The fraction of sp³-hybridized carbons (Fsp3) is 0.308. The topological polar surface area (TPSA) is 97.3 Å². The molecule has 1 aliphatic carbocycles. The summed E-state index contributed by atoms with van der Waals surface area (Å²) in [4.78, 5) is 11.0.